The molecule has 0 aliphatic carbocycles. The minimum absolute atomic E-state index is 0.164. The molecule has 0 radical (unpaired) electrons. The van der Waals surface area contributed by atoms with Gasteiger partial charge < -0.3 is 20.3 Å². The number of nitrogens with one attached hydrogen (secondary N) is 1. The molecule has 1 aromatic carbocycles. The van der Waals surface area contributed by atoms with Gasteiger partial charge in [-0.2, -0.15) is 0 Å². The van der Waals surface area contributed by atoms with Crippen molar-refractivity contribution in [1.82, 2.24) is 5.32 Å². The second-order valence-corrected chi connectivity index (χ2v) is 3.76. The molecule has 1 rings (SSSR count). The van der Waals surface area contributed by atoms with E-state index in [-0.39, 0.29) is 6.61 Å². The second-order valence-electron chi connectivity index (χ2n) is 3.76. The Kier molecular flexibility index (Phi) is 5.13. The fourth-order valence-corrected chi connectivity index (χ4v) is 1.38. The van der Waals surface area contributed by atoms with Gasteiger partial charge in [-0.1, -0.05) is 6.07 Å². The lowest BCUT2D eigenvalue weighted by molar-refractivity contribution is -0.126. The SMILES string of the molecule is COc1ccc(CO)cc1OC(C)C(=O)NC(N)=O. The number of amides is 3. The first-order chi connectivity index (χ1) is 8.97. The topological polar surface area (TPSA) is 111 Å². The predicted molar refractivity (Wildman–Crippen MR) is 66.7 cm³/mol. The zero-order chi connectivity index (χ0) is 14.4. The zero-order valence-electron chi connectivity index (χ0n) is 10.7. The molecule has 0 fully saturated rings. The lowest BCUT2D eigenvalue weighted by atomic mass is 10.2. The Bertz CT molecular complexity index is 475. The van der Waals surface area contributed by atoms with Crippen molar-refractivity contribution in [3.8, 4) is 11.5 Å². The van der Waals surface area contributed by atoms with E-state index in [1.165, 1.54) is 14.0 Å². The normalized spacial score (nSPS) is 11.5. The summed E-state index contributed by atoms with van der Waals surface area (Å²) < 4.78 is 10.5. The largest absolute Gasteiger partial charge is 0.493 e. The molecule has 3 amide bonds. The molecule has 19 heavy (non-hydrogen) atoms. The molecule has 1 aromatic rings. The van der Waals surface area contributed by atoms with Crippen LogP contribution >= 0.6 is 0 Å². The molecule has 0 aliphatic heterocycles. The highest BCUT2D eigenvalue weighted by Crippen LogP contribution is 2.29. The molecule has 7 heteroatoms. The Labute approximate surface area is 110 Å². The predicted octanol–water partition coefficient (Wildman–Crippen LogP) is 0.150. The van der Waals surface area contributed by atoms with Crippen molar-refractivity contribution in [1.29, 1.82) is 0 Å². The van der Waals surface area contributed by atoms with E-state index in [2.05, 4.69) is 0 Å². The number of imide groups is 1. The summed E-state index contributed by atoms with van der Waals surface area (Å²) in [6.45, 7) is 1.30. The number of carbonyl (C=O) groups is 2. The zero-order valence-corrected chi connectivity index (χ0v) is 10.7. The number of nitrogens with two attached hydrogens (primary N) is 1. The molecule has 0 aromatic heterocycles. The van der Waals surface area contributed by atoms with E-state index in [1.54, 1.807) is 18.2 Å². The molecule has 0 heterocycles. The van der Waals surface area contributed by atoms with Crippen molar-refractivity contribution >= 4 is 11.9 Å². The maximum absolute atomic E-state index is 11.5. The molecule has 104 valence electrons. The average Bonchev–Trinajstić information content (AvgIpc) is 2.37. The van der Waals surface area contributed by atoms with Gasteiger partial charge in [0.1, 0.15) is 0 Å². The minimum atomic E-state index is -0.948. The highest BCUT2D eigenvalue weighted by Gasteiger charge is 2.18. The summed E-state index contributed by atoms with van der Waals surface area (Å²) in [4.78, 5) is 22.1. The van der Waals surface area contributed by atoms with Crippen molar-refractivity contribution in [3.63, 3.8) is 0 Å². The van der Waals surface area contributed by atoms with Crippen molar-refractivity contribution in [2.45, 2.75) is 19.6 Å². The molecular weight excluding hydrogens is 252 g/mol. The lowest BCUT2D eigenvalue weighted by Crippen LogP contribution is -2.42. The van der Waals surface area contributed by atoms with Crippen LogP contribution in [0.4, 0.5) is 4.79 Å². The average molecular weight is 268 g/mol. The number of carbonyl (C=O) groups excluding carboxylic acids is 2. The van der Waals surface area contributed by atoms with Crippen LogP contribution < -0.4 is 20.5 Å². The van der Waals surface area contributed by atoms with Crippen molar-refractivity contribution in [2.24, 2.45) is 5.73 Å². The van der Waals surface area contributed by atoms with Gasteiger partial charge in [0.2, 0.25) is 0 Å². The number of urea groups is 1. The van der Waals surface area contributed by atoms with Crippen LogP contribution in [0.25, 0.3) is 0 Å². The Morgan fingerprint density at radius 2 is 2.11 bits per heavy atom. The molecule has 0 bridgehead atoms. The standard InChI is InChI=1S/C12H16N2O5/c1-7(11(16)14-12(13)17)19-10-5-8(6-15)3-4-9(10)18-2/h3-5,7,15H,6H2,1-2H3,(H3,13,14,16,17). The summed E-state index contributed by atoms with van der Waals surface area (Å²) in [5.41, 5.74) is 5.45. The number of rotatable bonds is 5. The fraction of sp³-hybridized carbons (Fsp3) is 0.333. The van der Waals surface area contributed by atoms with E-state index in [0.29, 0.717) is 17.1 Å². The maximum Gasteiger partial charge on any atom is 0.318 e. The Morgan fingerprint density at radius 1 is 1.42 bits per heavy atom. The smallest absolute Gasteiger partial charge is 0.318 e. The first-order valence-electron chi connectivity index (χ1n) is 5.52. The summed E-state index contributed by atoms with van der Waals surface area (Å²) in [5, 5.41) is 11.0. The minimum Gasteiger partial charge on any atom is -0.493 e. The third-order valence-electron chi connectivity index (χ3n) is 2.33. The number of hydrogen-bond donors (Lipinski definition) is 3. The number of benzene rings is 1. The number of primary amides is 1. The molecule has 4 N–H and O–H groups in total. The molecule has 7 nitrogen and oxygen atoms in total. The van der Waals surface area contributed by atoms with Crippen LogP contribution in [0, 0.1) is 0 Å². The summed E-state index contributed by atoms with van der Waals surface area (Å²) in [6.07, 6.45) is -0.935. The third kappa shape index (κ3) is 4.14. The highest BCUT2D eigenvalue weighted by atomic mass is 16.5. The number of methoxy groups -OCH3 is 1. The van der Waals surface area contributed by atoms with Crippen LogP contribution in [0.3, 0.4) is 0 Å². The van der Waals surface area contributed by atoms with E-state index < -0.39 is 18.0 Å². The van der Waals surface area contributed by atoms with Gasteiger partial charge in [-0.05, 0) is 24.6 Å². The first kappa shape index (κ1) is 14.8. The van der Waals surface area contributed by atoms with Gasteiger partial charge in [0.15, 0.2) is 17.6 Å². The quantitative estimate of drug-likeness (QED) is 0.704. The van der Waals surface area contributed by atoms with Gasteiger partial charge in [-0.3, -0.25) is 10.1 Å². The van der Waals surface area contributed by atoms with Gasteiger partial charge in [-0.15, -0.1) is 0 Å². The van der Waals surface area contributed by atoms with Gasteiger partial charge in [0.05, 0.1) is 13.7 Å². The molecule has 1 atom stereocenters. The summed E-state index contributed by atoms with van der Waals surface area (Å²) in [6, 6.07) is 3.88. The Balaban J connectivity index is 2.85. The Hall–Kier alpha value is -2.28. The lowest BCUT2D eigenvalue weighted by Gasteiger charge is -2.16. The van der Waals surface area contributed by atoms with E-state index in [1.807, 2.05) is 5.32 Å². The summed E-state index contributed by atoms with van der Waals surface area (Å²) in [7, 11) is 1.45. The van der Waals surface area contributed by atoms with Crippen molar-refractivity contribution in [3.05, 3.63) is 23.8 Å². The number of ether oxygens (including phenoxy) is 2. The van der Waals surface area contributed by atoms with Gasteiger partial charge in [0, 0.05) is 0 Å². The Morgan fingerprint density at radius 3 is 2.63 bits per heavy atom. The van der Waals surface area contributed by atoms with Crippen LogP contribution in [-0.4, -0.2) is 30.3 Å². The second kappa shape index (κ2) is 6.60. The van der Waals surface area contributed by atoms with Gasteiger partial charge in [-0.25, -0.2) is 4.79 Å². The van der Waals surface area contributed by atoms with E-state index in [9.17, 15) is 9.59 Å². The van der Waals surface area contributed by atoms with Crippen LogP contribution in [-0.2, 0) is 11.4 Å². The van der Waals surface area contributed by atoms with Crippen LogP contribution in [0.2, 0.25) is 0 Å². The molecule has 0 aliphatic rings. The van der Waals surface area contributed by atoms with Gasteiger partial charge >= 0.3 is 6.03 Å². The number of aliphatic hydroxyl groups excluding tert-OH is 1. The van der Waals surface area contributed by atoms with Gasteiger partial charge in [0.25, 0.3) is 5.91 Å². The number of aliphatic hydroxyl groups is 1. The monoisotopic (exact) mass is 268 g/mol. The van der Waals surface area contributed by atoms with Crippen LogP contribution in [0.5, 0.6) is 11.5 Å². The van der Waals surface area contributed by atoms with E-state index >= 15 is 0 Å². The van der Waals surface area contributed by atoms with Crippen LogP contribution in [0.15, 0.2) is 18.2 Å². The third-order valence-corrected chi connectivity index (χ3v) is 2.33. The molecule has 0 spiro atoms. The van der Waals surface area contributed by atoms with E-state index in [4.69, 9.17) is 20.3 Å². The molecule has 0 saturated carbocycles. The van der Waals surface area contributed by atoms with Crippen molar-refractivity contribution < 1.29 is 24.2 Å². The number of hydrogen-bond acceptors (Lipinski definition) is 5. The first-order valence-corrected chi connectivity index (χ1v) is 5.52. The summed E-state index contributed by atoms with van der Waals surface area (Å²) >= 11 is 0. The molecule has 1 unspecified atom stereocenters. The highest BCUT2D eigenvalue weighted by molar-refractivity contribution is 5.95. The maximum atomic E-state index is 11.5. The van der Waals surface area contributed by atoms with Crippen molar-refractivity contribution in [2.75, 3.05) is 7.11 Å². The van der Waals surface area contributed by atoms with Crippen LogP contribution in [0.1, 0.15) is 12.5 Å². The fourth-order valence-electron chi connectivity index (χ4n) is 1.38. The van der Waals surface area contributed by atoms with E-state index in [0.717, 1.165) is 0 Å². The summed E-state index contributed by atoms with van der Waals surface area (Å²) in [5.74, 6) is 0.0426. The molecular formula is C12H16N2O5. The molecule has 0 saturated heterocycles.